The molecule has 0 aromatic carbocycles. The first-order valence-corrected chi connectivity index (χ1v) is 5.72. The van der Waals surface area contributed by atoms with Gasteiger partial charge >= 0.3 is 0 Å². The van der Waals surface area contributed by atoms with Crippen molar-refractivity contribution in [2.75, 3.05) is 5.73 Å². The maximum Gasteiger partial charge on any atom is 0.141 e. The van der Waals surface area contributed by atoms with Crippen LogP contribution in [0.25, 0.3) is 0 Å². The summed E-state index contributed by atoms with van der Waals surface area (Å²) in [5, 5.41) is 9.19. The normalized spacial score (nSPS) is 9.50. The van der Waals surface area contributed by atoms with Crippen molar-refractivity contribution in [2.45, 2.75) is 19.3 Å². The van der Waals surface area contributed by atoms with Crippen molar-refractivity contribution in [1.29, 1.82) is 5.26 Å². The van der Waals surface area contributed by atoms with E-state index in [1.165, 1.54) is 0 Å². The molecule has 0 spiro atoms. The Morgan fingerprint density at radius 3 is 2.11 bits per heavy atom. The molecule has 0 aliphatic heterocycles. The number of nitriles is 1. The first kappa shape index (κ1) is 13.7. The summed E-state index contributed by atoms with van der Waals surface area (Å²) in [6, 6.07) is 2.12. The predicted octanol–water partition coefficient (Wildman–Crippen LogP) is 2.72. The number of hydrogen-bond donors (Lipinski definition) is 1. The smallest absolute Gasteiger partial charge is 0.141 e. The third-order valence-electron chi connectivity index (χ3n) is 2.67. The fourth-order valence-corrected chi connectivity index (χ4v) is 1.93. The van der Waals surface area contributed by atoms with Gasteiger partial charge in [-0.05, 0) is 24.0 Å². The highest BCUT2D eigenvalue weighted by atomic mass is 14.8. The molecular formula is C15H17N3. The van der Waals surface area contributed by atoms with Crippen LogP contribution in [0.2, 0.25) is 0 Å². The molecule has 3 heteroatoms. The molecule has 0 fully saturated rings. The zero-order chi connectivity index (χ0) is 13.5. The molecule has 0 aliphatic rings. The third-order valence-corrected chi connectivity index (χ3v) is 2.67. The number of hydrogen-bond acceptors (Lipinski definition) is 3. The van der Waals surface area contributed by atoms with Crippen LogP contribution in [0.3, 0.4) is 0 Å². The molecule has 2 N–H and O–H groups in total. The van der Waals surface area contributed by atoms with E-state index in [9.17, 15) is 5.26 Å². The lowest BCUT2D eigenvalue weighted by atomic mass is 9.94. The van der Waals surface area contributed by atoms with Crippen LogP contribution in [0.1, 0.15) is 22.4 Å². The summed E-state index contributed by atoms with van der Waals surface area (Å²) in [6.45, 7) is 11.2. The molecule has 1 heterocycles. The maximum atomic E-state index is 9.19. The Balaban J connectivity index is 3.56. The van der Waals surface area contributed by atoms with Crippen LogP contribution in [0, 0.1) is 11.3 Å². The summed E-state index contributed by atoms with van der Waals surface area (Å²) < 4.78 is 0. The molecule has 0 aliphatic carbocycles. The van der Waals surface area contributed by atoms with Gasteiger partial charge in [0.25, 0.3) is 0 Å². The first-order chi connectivity index (χ1) is 8.69. The van der Waals surface area contributed by atoms with E-state index < -0.39 is 0 Å². The Bertz CT molecular complexity index is 522. The summed E-state index contributed by atoms with van der Waals surface area (Å²) in [5.41, 5.74) is 9.04. The van der Waals surface area contributed by atoms with Gasteiger partial charge in [-0.1, -0.05) is 18.2 Å². The number of aromatic nitrogens is 1. The molecule has 1 rings (SSSR count). The van der Waals surface area contributed by atoms with Crippen molar-refractivity contribution < 1.29 is 0 Å². The molecule has 0 bridgehead atoms. The van der Waals surface area contributed by atoms with Crippen LogP contribution in [-0.2, 0) is 19.3 Å². The molecule has 1 aromatic rings. The number of nitrogen functional groups attached to an aromatic ring is 1. The molecule has 0 unspecified atom stereocenters. The van der Waals surface area contributed by atoms with E-state index in [0.717, 1.165) is 16.8 Å². The van der Waals surface area contributed by atoms with Crippen molar-refractivity contribution in [2.24, 2.45) is 0 Å². The Labute approximate surface area is 108 Å². The summed E-state index contributed by atoms with van der Waals surface area (Å²) in [4.78, 5) is 4.30. The van der Waals surface area contributed by atoms with Crippen LogP contribution in [-0.4, -0.2) is 4.98 Å². The molecule has 0 radical (unpaired) electrons. The summed E-state index contributed by atoms with van der Waals surface area (Å²) in [6.07, 6.45) is 7.23. The van der Waals surface area contributed by atoms with E-state index in [1.54, 1.807) is 18.2 Å². The van der Waals surface area contributed by atoms with E-state index in [1.807, 2.05) is 0 Å². The van der Waals surface area contributed by atoms with Gasteiger partial charge in [-0.2, -0.15) is 5.26 Å². The van der Waals surface area contributed by atoms with Crippen LogP contribution in [0.15, 0.2) is 38.0 Å². The highest BCUT2D eigenvalue weighted by Crippen LogP contribution is 2.24. The van der Waals surface area contributed by atoms with Gasteiger partial charge in [0.15, 0.2) is 0 Å². The lowest BCUT2D eigenvalue weighted by molar-refractivity contribution is 1.00. The second-order valence-electron chi connectivity index (χ2n) is 3.87. The second kappa shape index (κ2) is 6.41. The zero-order valence-corrected chi connectivity index (χ0v) is 10.4. The Morgan fingerprint density at radius 1 is 1.06 bits per heavy atom. The minimum atomic E-state index is 0.277. The lowest BCUT2D eigenvalue weighted by Crippen LogP contribution is -2.09. The number of allylic oxidation sites excluding steroid dienone is 3. The van der Waals surface area contributed by atoms with Gasteiger partial charge in [0.2, 0.25) is 0 Å². The first-order valence-electron chi connectivity index (χ1n) is 5.72. The zero-order valence-electron chi connectivity index (χ0n) is 10.4. The molecule has 1 aromatic heterocycles. The molecule has 18 heavy (non-hydrogen) atoms. The molecular weight excluding hydrogens is 222 g/mol. The van der Waals surface area contributed by atoms with Gasteiger partial charge in [0, 0.05) is 6.42 Å². The minimum Gasteiger partial charge on any atom is -0.383 e. The fourth-order valence-electron chi connectivity index (χ4n) is 1.93. The fraction of sp³-hybridized carbons (Fsp3) is 0.200. The standard InChI is InChI=1S/C15H17N3/c1-4-7-11-12(8-5-2)14(9-6-3)18-15(17)13(11)10-16/h4-6H,1-3,7-9H2,(H2,17,18). The number of anilines is 1. The van der Waals surface area contributed by atoms with Gasteiger partial charge < -0.3 is 5.73 Å². The molecule has 0 amide bonds. The molecule has 0 saturated carbocycles. The van der Waals surface area contributed by atoms with Gasteiger partial charge in [-0.3, -0.25) is 0 Å². The van der Waals surface area contributed by atoms with E-state index in [2.05, 4.69) is 30.8 Å². The van der Waals surface area contributed by atoms with Crippen LogP contribution in [0.5, 0.6) is 0 Å². The topological polar surface area (TPSA) is 62.7 Å². The average Bonchev–Trinajstić information content (AvgIpc) is 2.34. The van der Waals surface area contributed by atoms with Gasteiger partial charge in [-0.15, -0.1) is 19.7 Å². The van der Waals surface area contributed by atoms with Crippen molar-refractivity contribution in [3.63, 3.8) is 0 Å². The lowest BCUT2D eigenvalue weighted by Gasteiger charge is -2.14. The van der Waals surface area contributed by atoms with E-state index in [0.29, 0.717) is 24.8 Å². The van der Waals surface area contributed by atoms with Crippen molar-refractivity contribution >= 4 is 5.82 Å². The van der Waals surface area contributed by atoms with Gasteiger partial charge in [-0.25, -0.2) is 4.98 Å². The van der Waals surface area contributed by atoms with E-state index in [4.69, 9.17) is 5.73 Å². The monoisotopic (exact) mass is 239 g/mol. The minimum absolute atomic E-state index is 0.277. The summed E-state index contributed by atoms with van der Waals surface area (Å²) in [5.74, 6) is 0.277. The Kier molecular flexibility index (Phi) is 4.89. The van der Waals surface area contributed by atoms with Crippen molar-refractivity contribution in [1.82, 2.24) is 4.98 Å². The SMILES string of the molecule is C=CCc1nc(N)c(C#N)c(CC=C)c1CC=C. The number of nitrogens with zero attached hydrogens (tertiary/aromatic N) is 2. The van der Waals surface area contributed by atoms with Crippen molar-refractivity contribution in [3.8, 4) is 6.07 Å². The largest absolute Gasteiger partial charge is 0.383 e. The summed E-state index contributed by atoms with van der Waals surface area (Å²) in [7, 11) is 0. The Hall–Kier alpha value is -2.34. The molecule has 0 atom stereocenters. The number of rotatable bonds is 6. The summed E-state index contributed by atoms with van der Waals surface area (Å²) >= 11 is 0. The van der Waals surface area contributed by atoms with Gasteiger partial charge in [0.05, 0.1) is 11.3 Å². The molecule has 0 saturated heterocycles. The maximum absolute atomic E-state index is 9.19. The number of pyridine rings is 1. The van der Waals surface area contributed by atoms with Crippen LogP contribution >= 0.6 is 0 Å². The average molecular weight is 239 g/mol. The quantitative estimate of drug-likeness (QED) is 0.776. The van der Waals surface area contributed by atoms with Gasteiger partial charge in [0.1, 0.15) is 11.9 Å². The molecule has 92 valence electrons. The predicted molar refractivity (Wildman–Crippen MR) is 75.1 cm³/mol. The Morgan fingerprint density at radius 2 is 1.61 bits per heavy atom. The number of nitrogens with two attached hydrogens (primary N) is 1. The third kappa shape index (κ3) is 2.67. The highest BCUT2D eigenvalue weighted by Gasteiger charge is 2.15. The van der Waals surface area contributed by atoms with Crippen LogP contribution in [0.4, 0.5) is 5.82 Å². The van der Waals surface area contributed by atoms with Crippen molar-refractivity contribution in [3.05, 3.63) is 60.3 Å². The molecule has 3 nitrogen and oxygen atoms in total. The second-order valence-corrected chi connectivity index (χ2v) is 3.87. The van der Waals surface area contributed by atoms with Crippen LogP contribution < -0.4 is 5.73 Å². The van der Waals surface area contributed by atoms with E-state index >= 15 is 0 Å². The van der Waals surface area contributed by atoms with E-state index in [-0.39, 0.29) is 5.82 Å². The highest BCUT2D eigenvalue weighted by molar-refractivity contribution is 5.58.